The molecule has 1 aliphatic rings. The van der Waals surface area contributed by atoms with Crippen molar-refractivity contribution >= 4 is 21.9 Å². The fourth-order valence-corrected chi connectivity index (χ4v) is 4.63. The van der Waals surface area contributed by atoms with E-state index in [2.05, 4.69) is 5.32 Å². The van der Waals surface area contributed by atoms with Crippen molar-refractivity contribution in [1.82, 2.24) is 9.62 Å². The molecule has 1 fully saturated rings. The van der Waals surface area contributed by atoms with Crippen LogP contribution in [0.4, 0.5) is 0 Å². The van der Waals surface area contributed by atoms with Crippen molar-refractivity contribution in [3.05, 3.63) is 29.8 Å². The molecular weight excluding hydrogens is 332 g/mol. The lowest BCUT2D eigenvalue weighted by molar-refractivity contribution is -0.144. The SMILES string of the molecule is CC(=O)NCc1ccc(S(=O)(=O)N2CCC[C@@H](C(=O)O)[C@H]2C)cc1. The molecule has 1 amide bonds. The zero-order chi connectivity index (χ0) is 17.9. The summed E-state index contributed by atoms with van der Waals surface area (Å²) in [6.45, 7) is 3.70. The molecular formula is C16H22N2O5S. The third-order valence-corrected chi connectivity index (χ3v) is 6.32. The van der Waals surface area contributed by atoms with Crippen molar-refractivity contribution in [2.75, 3.05) is 6.54 Å². The first-order valence-corrected chi connectivity index (χ1v) is 9.25. The van der Waals surface area contributed by atoms with Crippen LogP contribution >= 0.6 is 0 Å². The van der Waals surface area contributed by atoms with E-state index in [4.69, 9.17) is 0 Å². The number of rotatable bonds is 5. The van der Waals surface area contributed by atoms with Gasteiger partial charge in [-0.1, -0.05) is 12.1 Å². The third kappa shape index (κ3) is 3.93. The highest BCUT2D eigenvalue weighted by Gasteiger charge is 2.39. The number of nitrogens with zero attached hydrogens (tertiary/aromatic N) is 1. The van der Waals surface area contributed by atoms with Crippen LogP contribution in [0.5, 0.6) is 0 Å². The first kappa shape index (κ1) is 18.4. The average molecular weight is 354 g/mol. The fraction of sp³-hybridized carbons (Fsp3) is 0.500. The summed E-state index contributed by atoms with van der Waals surface area (Å²) in [5.41, 5.74) is 0.791. The summed E-state index contributed by atoms with van der Waals surface area (Å²) >= 11 is 0. The number of carbonyl (C=O) groups excluding carboxylic acids is 1. The minimum Gasteiger partial charge on any atom is -0.481 e. The Morgan fingerprint density at radius 2 is 1.92 bits per heavy atom. The molecule has 7 nitrogen and oxygen atoms in total. The highest BCUT2D eigenvalue weighted by Crippen LogP contribution is 2.29. The van der Waals surface area contributed by atoms with Crippen LogP contribution in [0, 0.1) is 5.92 Å². The van der Waals surface area contributed by atoms with Gasteiger partial charge in [0, 0.05) is 26.1 Å². The van der Waals surface area contributed by atoms with Crippen molar-refractivity contribution in [2.24, 2.45) is 5.92 Å². The number of piperidine rings is 1. The standard InChI is InChI=1S/C16H22N2O5S/c1-11-15(16(20)21)4-3-9-18(11)24(22,23)14-7-5-13(6-8-14)10-17-12(2)19/h5-8,11,15H,3-4,9-10H2,1-2H3,(H,17,19)(H,20,21)/t11-,15-/m1/s1. The van der Waals surface area contributed by atoms with Crippen LogP contribution in [-0.4, -0.2) is 42.3 Å². The maximum atomic E-state index is 12.8. The molecule has 8 heteroatoms. The second-order valence-electron chi connectivity index (χ2n) is 6.00. The summed E-state index contributed by atoms with van der Waals surface area (Å²) < 4.78 is 26.9. The molecule has 2 atom stereocenters. The van der Waals surface area contributed by atoms with Gasteiger partial charge in [0.15, 0.2) is 0 Å². The van der Waals surface area contributed by atoms with Gasteiger partial charge in [0.1, 0.15) is 0 Å². The largest absolute Gasteiger partial charge is 0.481 e. The first-order chi connectivity index (χ1) is 11.2. The Morgan fingerprint density at radius 3 is 2.46 bits per heavy atom. The number of sulfonamides is 1. The Morgan fingerprint density at radius 1 is 1.29 bits per heavy atom. The lowest BCUT2D eigenvalue weighted by atomic mass is 9.92. The highest BCUT2D eigenvalue weighted by molar-refractivity contribution is 7.89. The van der Waals surface area contributed by atoms with Gasteiger partial charge in [-0.2, -0.15) is 4.31 Å². The van der Waals surface area contributed by atoms with Crippen molar-refractivity contribution < 1.29 is 23.1 Å². The number of hydrogen-bond acceptors (Lipinski definition) is 4. The second-order valence-corrected chi connectivity index (χ2v) is 7.89. The van der Waals surface area contributed by atoms with E-state index in [-0.39, 0.29) is 10.8 Å². The van der Waals surface area contributed by atoms with Crippen molar-refractivity contribution in [2.45, 2.75) is 44.2 Å². The molecule has 132 valence electrons. The summed E-state index contributed by atoms with van der Waals surface area (Å²) in [6.07, 6.45) is 1.01. The number of hydrogen-bond donors (Lipinski definition) is 2. The zero-order valence-electron chi connectivity index (χ0n) is 13.7. The predicted molar refractivity (Wildman–Crippen MR) is 87.7 cm³/mol. The number of amides is 1. The quantitative estimate of drug-likeness (QED) is 0.827. The average Bonchev–Trinajstić information content (AvgIpc) is 2.53. The molecule has 0 bridgehead atoms. The van der Waals surface area contributed by atoms with Crippen LogP contribution in [0.15, 0.2) is 29.2 Å². The minimum absolute atomic E-state index is 0.131. The lowest BCUT2D eigenvalue weighted by Crippen LogP contribution is -2.48. The lowest BCUT2D eigenvalue weighted by Gasteiger charge is -2.36. The van der Waals surface area contributed by atoms with Crippen LogP contribution in [0.2, 0.25) is 0 Å². The van der Waals surface area contributed by atoms with Crippen molar-refractivity contribution in [1.29, 1.82) is 0 Å². The van der Waals surface area contributed by atoms with E-state index in [1.54, 1.807) is 19.1 Å². The number of nitrogens with one attached hydrogen (secondary N) is 1. The van der Waals surface area contributed by atoms with Crippen LogP contribution < -0.4 is 5.32 Å². The van der Waals surface area contributed by atoms with Crippen LogP contribution in [-0.2, 0) is 26.2 Å². The van der Waals surface area contributed by atoms with Crippen LogP contribution in [0.3, 0.4) is 0 Å². The molecule has 1 aromatic rings. The smallest absolute Gasteiger partial charge is 0.308 e. The minimum atomic E-state index is -3.74. The number of carbonyl (C=O) groups is 2. The number of carboxylic acids is 1. The molecule has 0 aromatic heterocycles. The predicted octanol–water partition coefficient (Wildman–Crippen LogP) is 1.20. The van der Waals surface area contributed by atoms with E-state index in [1.807, 2.05) is 0 Å². The summed E-state index contributed by atoms with van der Waals surface area (Å²) in [7, 11) is -3.74. The fourth-order valence-electron chi connectivity index (χ4n) is 2.92. The normalized spacial score (nSPS) is 22.1. The van der Waals surface area contributed by atoms with Gasteiger partial charge in [-0.05, 0) is 37.5 Å². The molecule has 1 heterocycles. The monoisotopic (exact) mass is 354 g/mol. The number of benzene rings is 1. The molecule has 1 saturated heterocycles. The number of carboxylic acid groups (broad SMARTS) is 1. The van der Waals surface area contributed by atoms with E-state index in [0.29, 0.717) is 25.9 Å². The molecule has 0 aliphatic carbocycles. The third-order valence-electron chi connectivity index (χ3n) is 4.32. The van der Waals surface area contributed by atoms with E-state index in [9.17, 15) is 23.1 Å². The van der Waals surface area contributed by atoms with Gasteiger partial charge < -0.3 is 10.4 Å². The number of aliphatic carboxylic acids is 1. The van der Waals surface area contributed by atoms with Crippen LogP contribution in [0.1, 0.15) is 32.3 Å². The summed E-state index contributed by atoms with van der Waals surface area (Å²) in [6, 6.07) is 5.69. The van der Waals surface area contributed by atoms with Gasteiger partial charge in [0.2, 0.25) is 15.9 Å². The van der Waals surface area contributed by atoms with Gasteiger partial charge in [-0.25, -0.2) is 8.42 Å². The molecule has 2 rings (SSSR count). The molecule has 0 spiro atoms. The molecule has 2 N–H and O–H groups in total. The molecule has 1 aliphatic heterocycles. The maximum absolute atomic E-state index is 12.8. The topological polar surface area (TPSA) is 104 Å². The molecule has 0 unspecified atom stereocenters. The highest BCUT2D eigenvalue weighted by atomic mass is 32.2. The molecule has 0 saturated carbocycles. The second kappa shape index (κ2) is 7.31. The van der Waals surface area contributed by atoms with Crippen LogP contribution in [0.25, 0.3) is 0 Å². The van der Waals surface area contributed by atoms with E-state index in [1.165, 1.54) is 23.4 Å². The van der Waals surface area contributed by atoms with Crippen molar-refractivity contribution in [3.8, 4) is 0 Å². The molecule has 0 radical (unpaired) electrons. The summed E-state index contributed by atoms with van der Waals surface area (Å²) in [4.78, 5) is 22.3. The van der Waals surface area contributed by atoms with E-state index in [0.717, 1.165) is 5.56 Å². The van der Waals surface area contributed by atoms with Crippen molar-refractivity contribution in [3.63, 3.8) is 0 Å². The van der Waals surface area contributed by atoms with Gasteiger partial charge in [-0.15, -0.1) is 0 Å². The molecule has 24 heavy (non-hydrogen) atoms. The Hall–Kier alpha value is -1.93. The molecule has 1 aromatic carbocycles. The summed E-state index contributed by atoms with van der Waals surface area (Å²) in [5.74, 6) is -1.81. The van der Waals surface area contributed by atoms with Gasteiger partial charge in [-0.3, -0.25) is 9.59 Å². The Balaban J connectivity index is 2.20. The Bertz CT molecular complexity index is 714. The van der Waals surface area contributed by atoms with Gasteiger partial charge >= 0.3 is 5.97 Å². The first-order valence-electron chi connectivity index (χ1n) is 7.81. The Labute approximate surface area is 141 Å². The van der Waals surface area contributed by atoms with Gasteiger partial charge in [0.05, 0.1) is 10.8 Å². The van der Waals surface area contributed by atoms with E-state index < -0.39 is 28.0 Å². The summed E-state index contributed by atoms with van der Waals surface area (Å²) in [5, 5.41) is 11.9. The van der Waals surface area contributed by atoms with E-state index >= 15 is 0 Å². The zero-order valence-corrected chi connectivity index (χ0v) is 14.5. The Kier molecular flexibility index (Phi) is 5.61. The maximum Gasteiger partial charge on any atom is 0.308 e. The van der Waals surface area contributed by atoms with Gasteiger partial charge in [0.25, 0.3) is 0 Å².